The molecule has 0 heterocycles. The molecule has 0 unspecified atom stereocenters. The Bertz CT molecular complexity index is 369. The van der Waals surface area contributed by atoms with E-state index in [1.807, 2.05) is 6.92 Å². The highest BCUT2D eigenvalue weighted by Gasteiger charge is 2.10. The minimum Gasteiger partial charge on any atom is -0.545 e. The topological polar surface area (TPSA) is 57.2 Å². The Labute approximate surface area is 88.7 Å². The number of aromatic carboxylic acids is 1. The molecule has 0 saturated heterocycles. The predicted molar refractivity (Wildman–Crippen MR) is 54.6 cm³/mol. The fourth-order valence-electron chi connectivity index (χ4n) is 1.38. The third kappa shape index (κ3) is 2.91. The van der Waals surface area contributed by atoms with E-state index >= 15 is 0 Å². The molecule has 15 heavy (non-hydrogen) atoms. The maximum atomic E-state index is 11.6. The Kier molecular flexibility index (Phi) is 4.03. The van der Waals surface area contributed by atoms with Gasteiger partial charge in [0.25, 0.3) is 0 Å². The highest BCUT2D eigenvalue weighted by molar-refractivity contribution is 6.05. The van der Waals surface area contributed by atoms with Crippen LogP contribution in [-0.2, 0) is 0 Å². The molecule has 0 aliphatic heterocycles. The van der Waals surface area contributed by atoms with Gasteiger partial charge in [0, 0.05) is 17.5 Å². The number of rotatable bonds is 5. The van der Waals surface area contributed by atoms with Crippen molar-refractivity contribution in [1.29, 1.82) is 0 Å². The summed E-state index contributed by atoms with van der Waals surface area (Å²) in [6.45, 7) is 1.98. The number of carbonyl (C=O) groups is 2. The van der Waals surface area contributed by atoms with Gasteiger partial charge in [0.1, 0.15) is 0 Å². The normalized spacial score (nSPS) is 9.93. The lowest BCUT2D eigenvalue weighted by molar-refractivity contribution is -0.255. The van der Waals surface area contributed by atoms with Crippen molar-refractivity contribution in [2.75, 3.05) is 0 Å². The van der Waals surface area contributed by atoms with E-state index in [0.717, 1.165) is 12.8 Å². The van der Waals surface area contributed by atoms with Gasteiger partial charge in [0.15, 0.2) is 5.78 Å². The van der Waals surface area contributed by atoms with E-state index in [1.165, 1.54) is 12.1 Å². The summed E-state index contributed by atoms with van der Waals surface area (Å²) >= 11 is 0. The zero-order valence-electron chi connectivity index (χ0n) is 8.66. The molecule has 3 heteroatoms. The number of carboxylic acids is 1. The lowest BCUT2D eigenvalue weighted by Crippen LogP contribution is -2.24. The van der Waals surface area contributed by atoms with Gasteiger partial charge in [-0.3, -0.25) is 4.79 Å². The van der Waals surface area contributed by atoms with Crippen LogP contribution in [0.15, 0.2) is 24.3 Å². The molecule has 0 atom stereocenters. The molecule has 0 aromatic heterocycles. The minimum absolute atomic E-state index is 0.0152. The average Bonchev–Trinajstić information content (AvgIpc) is 2.25. The lowest BCUT2D eigenvalue weighted by atomic mass is 10.0. The van der Waals surface area contributed by atoms with E-state index in [2.05, 4.69) is 0 Å². The van der Waals surface area contributed by atoms with Crippen LogP contribution in [0.3, 0.4) is 0 Å². The molecular formula is C12H13O3-. The zero-order chi connectivity index (χ0) is 11.3. The van der Waals surface area contributed by atoms with Gasteiger partial charge in [0.2, 0.25) is 0 Å². The Morgan fingerprint density at radius 2 is 1.80 bits per heavy atom. The van der Waals surface area contributed by atoms with Crippen LogP contribution < -0.4 is 5.11 Å². The summed E-state index contributed by atoms with van der Waals surface area (Å²) in [5, 5.41) is 10.7. The largest absolute Gasteiger partial charge is 0.545 e. The molecule has 0 saturated carbocycles. The lowest BCUT2D eigenvalue weighted by Gasteiger charge is -2.08. The zero-order valence-corrected chi connectivity index (χ0v) is 8.66. The summed E-state index contributed by atoms with van der Waals surface area (Å²) in [5.41, 5.74) is 0.240. The van der Waals surface area contributed by atoms with Crippen molar-refractivity contribution in [3.8, 4) is 0 Å². The first kappa shape index (κ1) is 11.4. The standard InChI is InChI=1S/C12H14O3/c1-2-3-8-11(13)9-6-4-5-7-10(9)12(14)15/h4-7H,2-3,8H2,1H3,(H,14,15)/p-1. The quantitative estimate of drug-likeness (QED) is 0.683. The molecule has 80 valence electrons. The number of Topliss-reactive ketones (excluding diaryl/α,β-unsaturated/α-hetero) is 1. The van der Waals surface area contributed by atoms with Crippen LogP contribution in [0.5, 0.6) is 0 Å². The summed E-state index contributed by atoms with van der Waals surface area (Å²) in [5.74, 6) is -1.42. The maximum absolute atomic E-state index is 11.6. The summed E-state index contributed by atoms with van der Waals surface area (Å²) in [4.78, 5) is 22.4. The fourth-order valence-corrected chi connectivity index (χ4v) is 1.38. The van der Waals surface area contributed by atoms with Crippen LogP contribution >= 0.6 is 0 Å². The first-order valence-electron chi connectivity index (χ1n) is 5.00. The maximum Gasteiger partial charge on any atom is 0.163 e. The number of carbonyl (C=O) groups excluding carboxylic acids is 2. The Hall–Kier alpha value is -1.64. The molecule has 0 radical (unpaired) electrons. The van der Waals surface area contributed by atoms with Crippen LogP contribution in [0.4, 0.5) is 0 Å². The smallest absolute Gasteiger partial charge is 0.163 e. The van der Waals surface area contributed by atoms with Gasteiger partial charge < -0.3 is 9.90 Å². The number of carboxylic acid groups (broad SMARTS) is 1. The van der Waals surface area contributed by atoms with Gasteiger partial charge in [0.05, 0.1) is 5.97 Å². The highest BCUT2D eigenvalue weighted by atomic mass is 16.4. The average molecular weight is 205 g/mol. The van der Waals surface area contributed by atoms with Gasteiger partial charge in [-0.25, -0.2) is 0 Å². The Morgan fingerprint density at radius 1 is 1.20 bits per heavy atom. The number of hydrogen-bond donors (Lipinski definition) is 0. The van der Waals surface area contributed by atoms with Crippen molar-refractivity contribution in [3.05, 3.63) is 35.4 Å². The summed E-state index contributed by atoms with van der Waals surface area (Å²) in [6.07, 6.45) is 2.08. The first-order valence-corrected chi connectivity index (χ1v) is 5.00. The summed E-state index contributed by atoms with van der Waals surface area (Å²) in [7, 11) is 0. The second-order valence-corrected chi connectivity index (χ2v) is 3.36. The number of hydrogen-bond acceptors (Lipinski definition) is 3. The van der Waals surface area contributed by atoms with Crippen molar-refractivity contribution in [1.82, 2.24) is 0 Å². The van der Waals surface area contributed by atoms with Gasteiger partial charge in [-0.1, -0.05) is 37.6 Å². The molecule has 0 amide bonds. The van der Waals surface area contributed by atoms with E-state index in [1.54, 1.807) is 12.1 Å². The molecule has 0 spiro atoms. The third-order valence-electron chi connectivity index (χ3n) is 2.20. The molecule has 1 aromatic rings. The Balaban J connectivity index is 2.92. The van der Waals surface area contributed by atoms with Crippen molar-refractivity contribution in [3.63, 3.8) is 0 Å². The number of benzene rings is 1. The van der Waals surface area contributed by atoms with Crippen LogP contribution in [0, 0.1) is 0 Å². The van der Waals surface area contributed by atoms with E-state index in [-0.39, 0.29) is 16.9 Å². The van der Waals surface area contributed by atoms with Crippen molar-refractivity contribution in [2.24, 2.45) is 0 Å². The van der Waals surface area contributed by atoms with E-state index in [0.29, 0.717) is 6.42 Å². The van der Waals surface area contributed by atoms with E-state index < -0.39 is 5.97 Å². The molecular weight excluding hydrogens is 192 g/mol. The summed E-state index contributed by atoms with van der Waals surface area (Å²) < 4.78 is 0. The Morgan fingerprint density at radius 3 is 2.33 bits per heavy atom. The summed E-state index contributed by atoms with van der Waals surface area (Å²) in [6, 6.07) is 6.17. The van der Waals surface area contributed by atoms with Gasteiger partial charge in [-0.05, 0) is 6.42 Å². The van der Waals surface area contributed by atoms with Gasteiger partial charge in [-0.2, -0.15) is 0 Å². The molecule has 0 aliphatic carbocycles. The highest BCUT2D eigenvalue weighted by Crippen LogP contribution is 2.12. The van der Waals surface area contributed by atoms with Crippen LogP contribution in [0.25, 0.3) is 0 Å². The molecule has 3 nitrogen and oxygen atoms in total. The second kappa shape index (κ2) is 5.29. The predicted octanol–water partition coefficient (Wildman–Crippen LogP) is 1.42. The van der Waals surface area contributed by atoms with Crippen molar-refractivity contribution in [2.45, 2.75) is 26.2 Å². The van der Waals surface area contributed by atoms with Gasteiger partial charge >= 0.3 is 0 Å². The minimum atomic E-state index is -1.30. The molecule has 1 rings (SSSR count). The fraction of sp³-hybridized carbons (Fsp3) is 0.333. The van der Waals surface area contributed by atoms with Crippen LogP contribution in [0.1, 0.15) is 46.9 Å². The number of ketones is 1. The molecule has 1 aromatic carbocycles. The molecule has 0 fully saturated rings. The third-order valence-corrected chi connectivity index (χ3v) is 2.20. The van der Waals surface area contributed by atoms with E-state index in [9.17, 15) is 14.7 Å². The second-order valence-electron chi connectivity index (χ2n) is 3.36. The van der Waals surface area contributed by atoms with E-state index in [4.69, 9.17) is 0 Å². The molecule has 0 aliphatic rings. The van der Waals surface area contributed by atoms with Crippen LogP contribution in [-0.4, -0.2) is 11.8 Å². The monoisotopic (exact) mass is 205 g/mol. The number of unbranched alkanes of at least 4 members (excludes halogenated alkanes) is 1. The van der Waals surface area contributed by atoms with Crippen LogP contribution in [0.2, 0.25) is 0 Å². The SMILES string of the molecule is CCCCC(=O)c1ccccc1C(=O)[O-]. The molecule has 0 N–H and O–H groups in total. The van der Waals surface area contributed by atoms with Crippen molar-refractivity contribution >= 4 is 11.8 Å². The van der Waals surface area contributed by atoms with Crippen molar-refractivity contribution < 1.29 is 14.7 Å². The first-order chi connectivity index (χ1) is 7.16. The van der Waals surface area contributed by atoms with Gasteiger partial charge in [-0.15, -0.1) is 0 Å². The molecule has 0 bridgehead atoms.